The lowest BCUT2D eigenvalue weighted by atomic mass is 10.2. The number of rotatable bonds is 5. The summed E-state index contributed by atoms with van der Waals surface area (Å²) in [6.45, 7) is 1.89. The SMILES string of the molecule is Cc1ccccc1N(C)S(=O)(=O)c1ccc(CCCl)cc1. The van der Waals surface area contributed by atoms with E-state index in [0.29, 0.717) is 11.6 Å². The fraction of sp³-hybridized carbons (Fsp3) is 0.250. The first kappa shape index (κ1) is 15.9. The molecule has 0 N–H and O–H groups in total. The molecule has 0 saturated heterocycles. The predicted octanol–water partition coefficient (Wildman–Crippen LogP) is 3.60. The smallest absolute Gasteiger partial charge is 0.264 e. The number of hydrogen-bond acceptors (Lipinski definition) is 2. The van der Waals surface area contributed by atoms with Gasteiger partial charge in [0.25, 0.3) is 10.0 Å². The Morgan fingerprint density at radius 1 is 1.05 bits per heavy atom. The fourth-order valence-electron chi connectivity index (χ4n) is 2.14. The fourth-order valence-corrected chi connectivity index (χ4v) is 3.62. The van der Waals surface area contributed by atoms with Crippen LogP contribution in [0.4, 0.5) is 5.69 Å². The summed E-state index contributed by atoms with van der Waals surface area (Å²) in [7, 11) is -1.97. The highest BCUT2D eigenvalue weighted by Crippen LogP contribution is 2.25. The maximum atomic E-state index is 12.7. The number of aryl methyl sites for hydroxylation is 2. The summed E-state index contributed by atoms with van der Waals surface area (Å²) in [5, 5.41) is 0. The second kappa shape index (κ2) is 6.50. The molecule has 0 unspecified atom stereocenters. The second-order valence-corrected chi connectivity index (χ2v) is 7.19. The minimum atomic E-state index is -3.55. The Balaban J connectivity index is 2.35. The molecule has 2 aromatic rings. The van der Waals surface area contributed by atoms with E-state index in [0.717, 1.165) is 17.5 Å². The highest BCUT2D eigenvalue weighted by molar-refractivity contribution is 7.92. The number of sulfonamides is 1. The van der Waals surface area contributed by atoms with E-state index in [1.54, 1.807) is 37.4 Å². The van der Waals surface area contributed by atoms with Crippen molar-refractivity contribution in [2.75, 3.05) is 17.2 Å². The number of para-hydroxylation sites is 1. The third-order valence-electron chi connectivity index (χ3n) is 3.42. The zero-order chi connectivity index (χ0) is 15.5. The van der Waals surface area contributed by atoms with E-state index in [4.69, 9.17) is 11.6 Å². The summed E-state index contributed by atoms with van der Waals surface area (Å²) in [6.07, 6.45) is 0.732. The molecule has 0 aliphatic rings. The number of anilines is 1. The Labute approximate surface area is 131 Å². The Morgan fingerprint density at radius 2 is 1.67 bits per heavy atom. The third-order valence-corrected chi connectivity index (χ3v) is 5.39. The molecule has 21 heavy (non-hydrogen) atoms. The van der Waals surface area contributed by atoms with Gasteiger partial charge in [-0.05, 0) is 42.7 Å². The molecule has 0 spiro atoms. The summed E-state index contributed by atoms with van der Waals surface area (Å²) < 4.78 is 26.6. The molecule has 0 amide bonds. The van der Waals surface area contributed by atoms with Crippen molar-refractivity contribution in [2.45, 2.75) is 18.2 Å². The minimum Gasteiger partial charge on any atom is -0.269 e. The second-order valence-electron chi connectivity index (χ2n) is 4.84. The Bertz CT molecular complexity index is 711. The van der Waals surface area contributed by atoms with Gasteiger partial charge in [-0.1, -0.05) is 30.3 Å². The van der Waals surface area contributed by atoms with E-state index in [1.807, 2.05) is 25.1 Å². The molecular weight excluding hydrogens is 306 g/mol. The van der Waals surface area contributed by atoms with Crippen LogP contribution in [0.5, 0.6) is 0 Å². The topological polar surface area (TPSA) is 37.4 Å². The molecule has 3 nitrogen and oxygen atoms in total. The van der Waals surface area contributed by atoms with E-state index in [-0.39, 0.29) is 4.90 Å². The van der Waals surface area contributed by atoms with Crippen molar-refractivity contribution in [3.63, 3.8) is 0 Å². The Morgan fingerprint density at radius 3 is 2.24 bits per heavy atom. The summed E-state index contributed by atoms with van der Waals surface area (Å²) in [6, 6.07) is 14.3. The lowest BCUT2D eigenvalue weighted by Gasteiger charge is -2.21. The van der Waals surface area contributed by atoms with Crippen molar-refractivity contribution in [1.29, 1.82) is 0 Å². The van der Waals surface area contributed by atoms with E-state index in [2.05, 4.69) is 0 Å². The molecule has 0 atom stereocenters. The van der Waals surface area contributed by atoms with E-state index >= 15 is 0 Å². The Hall–Kier alpha value is -1.52. The van der Waals surface area contributed by atoms with Crippen molar-refractivity contribution in [3.05, 3.63) is 59.7 Å². The van der Waals surface area contributed by atoms with Gasteiger partial charge >= 0.3 is 0 Å². The molecule has 0 fully saturated rings. The first-order chi connectivity index (χ1) is 9.96. The van der Waals surface area contributed by atoms with E-state index in [1.165, 1.54) is 4.31 Å². The van der Waals surface area contributed by atoms with Gasteiger partial charge in [-0.2, -0.15) is 0 Å². The molecule has 0 saturated carbocycles. The van der Waals surface area contributed by atoms with Crippen LogP contribution in [-0.4, -0.2) is 21.3 Å². The van der Waals surface area contributed by atoms with Gasteiger partial charge in [0.1, 0.15) is 0 Å². The van der Waals surface area contributed by atoms with Crippen LogP contribution >= 0.6 is 11.6 Å². The van der Waals surface area contributed by atoms with Gasteiger partial charge < -0.3 is 0 Å². The number of benzene rings is 2. The molecule has 0 aliphatic carbocycles. The zero-order valence-corrected chi connectivity index (χ0v) is 13.7. The number of halogens is 1. The normalized spacial score (nSPS) is 11.4. The Kier molecular flexibility index (Phi) is 4.91. The van der Waals surface area contributed by atoms with Gasteiger partial charge in [0, 0.05) is 12.9 Å². The van der Waals surface area contributed by atoms with Crippen LogP contribution in [-0.2, 0) is 16.4 Å². The maximum absolute atomic E-state index is 12.7. The van der Waals surface area contributed by atoms with E-state index in [9.17, 15) is 8.42 Å². The van der Waals surface area contributed by atoms with Crippen LogP contribution in [0.25, 0.3) is 0 Å². The van der Waals surface area contributed by atoms with E-state index < -0.39 is 10.0 Å². The third kappa shape index (κ3) is 3.39. The van der Waals surface area contributed by atoms with Gasteiger partial charge in [0.2, 0.25) is 0 Å². The van der Waals surface area contributed by atoms with Gasteiger partial charge in [-0.3, -0.25) is 4.31 Å². The summed E-state index contributed by atoms with van der Waals surface area (Å²) in [5.41, 5.74) is 2.63. The molecule has 0 heterocycles. The van der Waals surface area contributed by atoms with Gasteiger partial charge in [0.15, 0.2) is 0 Å². The van der Waals surface area contributed by atoms with Crippen molar-refractivity contribution in [1.82, 2.24) is 0 Å². The monoisotopic (exact) mass is 323 g/mol. The summed E-state index contributed by atoms with van der Waals surface area (Å²) in [5.74, 6) is 0.523. The summed E-state index contributed by atoms with van der Waals surface area (Å²) in [4.78, 5) is 0.284. The van der Waals surface area contributed by atoms with Crippen molar-refractivity contribution in [2.24, 2.45) is 0 Å². The van der Waals surface area contributed by atoms with Crippen LogP contribution in [0.2, 0.25) is 0 Å². The molecule has 2 rings (SSSR count). The van der Waals surface area contributed by atoms with Crippen LogP contribution < -0.4 is 4.31 Å². The lowest BCUT2D eigenvalue weighted by molar-refractivity contribution is 0.594. The molecular formula is C16H18ClNO2S. The van der Waals surface area contributed by atoms with Crippen molar-refractivity contribution < 1.29 is 8.42 Å². The van der Waals surface area contributed by atoms with Crippen LogP contribution in [0.15, 0.2) is 53.4 Å². The predicted molar refractivity (Wildman–Crippen MR) is 87.6 cm³/mol. The number of hydrogen-bond donors (Lipinski definition) is 0. The lowest BCUT2D eigenvalue weighted by Crippen LogP contribution is -2.27. The first-order valence-corrected chi connectivity index (χ1v) is 8.63. The molecule has 0 aliphatic heterocycles. The van der Waals surface area contributed by atoms with Crippen LogP contribution in [0, 0.1) is 6.92 Å². The largest absolute Gasteiger partial charge is 0.269 e. The molecule has 0 bridgehead atoms. The summed E-state index contributed by atoms with van der Waals surface area (Å²) >= 11 is 5.69. The quantitative estimate of drug-likeness (QED) is 0.788. The molecule has 0 radical (unpaired) electrons. The first-order valence-electron chi connectivity index (χ1n) is 6.66. The van der Waals surface area contributed by atoms with Gasteiger partial charge in [-0.25, -0.2) is 8.42 Å². The minimum absolute atomic E-state index is 0.284. The average Bonchev–Trinajstić information content (AvgIpc) is 2.48. The van der Waals surface area contributed by atoms with Crippen molar-refractivity contribution in [3.8, 4) is 0 Å². The zero-order valence-electron chi connectivity index (χ0n) is 12.1. The molecule has 5 heteroatoms. The van der Waals surface area contributed by atoms with Gasteiger partial charge in [-0.15, -0.1) is 11.6 Å². The number of nitrogens with zero attached hydrogens (tertiary/aromatic N) is 1. The standard InChI is InChI=1S/C16H18ClNO2S/c1-13-5-3-4-6-16(13)18(2)21(19,20)15-9-7-14(8-10-15)11-12-17/h3-10H,11-12H2,1-2H3. The van der Waals surface area contributed by atoms with Crippen LogP contribution in [0.3, 0.4) is 0 Å². The molecule has 0 aromatic heterocycles. The van der Waals surface area contributed by atoms with Gasteiger partial charge in [0.05, 0.1) is 10.6 Å². The molecule has 112 valence electrons. The highest BCUT2D eigenvalue weighted by atomic mass is 35.5. The van der Waals surface area contributed by atoms with Crippen LogP contribution in [0.1, 0.15) is 11.1 Å². The number of alkyl halides is 1. The highest BCUT2D eigenvalue weighted by Gasteiger charge is 2.22. The van der Waals surface area contributed by atoms with Crippen molar-refractivity contribution >= 4 is 27.3 Å². The molecule has 2 aromatic carbocycles. The average molecular weight is 324 g/mol. The maximum Gasteiger partial charge on any atom is 0.264 e.